The maximum Gasteiger partial charge on any atom is 0.245 e. The van der Waals surface area contributed by atoms with Crippen molar-refractivity contribution in [3.8, 4) is 0 Å². The van der Waals surface area contributed by atoms with E-state index in [1.165, 1.54) is 22.0 Å². The molecular formula is C15H21ClN2O2S. The molecule has 4 nitrogen and oxygen atoms in total. The summed E-state index contributed by atoms with van der Waals surface area (Å²) in [6.07, 6.45) is 2.74. The Labute approximate surface area is 131 Å². The van der Waals surface area contributed by atoms with E-state index in [4.69, 9.17) is 17.3 Å². The Hall–Kier alpha value is -1.04. The quantitative estimate of drug-likeness (QED) is 0.669. The van der Waals surface area contributed by atoms with Gasteiger partial charge in [-0.25, -0.2) is 8.42 Å². The summed E-state index contributed by atoms with van der Waals surface area (Å²) in [6.45, 7) is 7.26. The molecule has 1 aromatic carbocycles. The van der Waals surface area contributed by atoms with Crippen molar-refractivity contribution < 1.29 is 8.42 Å². The average molecular weight is 329 g/mol. The number of anilines is 1. The lowest BCUT2D eigenvalue weighted by Gasteiger charge is -2.31. The Morgan fingerprint density at radius 1 is 1.29 bits per heavy atom. The highest BCUT2D eigenvalue weighted by Crippen LogP contribution is 2.33. The van der Waals surface area contributed by atoms with Crippen LogP contribution in [-0.2, 0) is 10.0 Å². The molecule has 0 atom stereocenters. The van der Waals surface area contributed by atoms with Crippen LogP contribution in [0, 0.1) is 5.41 Å². The Kier molecular flexibility index (Phi) is 4.38. The van der Waals surface area contributed by atoms with Gasteiger partial charge in [-0.15, -0.1) is 0 Å². The van der Waals surface area contributed by atoms with Crippen LogP contribution in [0.4, 0.5) is 5.69 Å². The van der Waals surface area contributed by atoms with E-state index in [9.17, 15) is 8.42 Å². The summed E-state index contributed by atoms with van der Waals surface area (Å²) in [7, 11) is -3.60. The van der Waals surface area contributed by atoms with Crippen molar-refractivity contribution in [2.24, 2.45) is 5.41 Å². The molecule has 1 aromatic rings. The van der Waals surface area contributed by atoms with E-state index in [0.29, 0.717) is 18.1 Å². The van der Waals surface area contributed by atoms with Gasteiger partial charge in [0, 0.05) is 18.1 Å². The fraction of sp³-hybridized carbons (Fsp3) is 0.467. The fourth-order valence-corrected chi connectivity index (χ4v) is 4.18. The van der Waals surface area contributed by atoms with Crippen LogP contribution in [0.15, 0.2) is 34.7 Å². The number of rotatable bonds is 2. The van der Waals surface area contributed by atoms with Crippen molar-refractivity contribution in [3.05, 3.63) is 34.9 Å². The summed E-state index contributed by atoms with van der Waals surface area (Å²) in [4.78, 5) is 0.0857. The topological polar surface area (TPSA) is 63.4 Å². The highest BCUT2D eigenvalue weighted by atomic mass is 35.5. The van der Waals surface area contributed by atoms with Crippen LogP contribution in [0.2, 0.25) is 5.02 Å². The van der Waals surface area contributed by atoms with Gasteiger partial charge in [-0.2, -0.15) is 4.31 Å². The first-order valence-electron chi connectivity index (χ1n) is 6.87. The van der Waals surface area contributed by atoms with Gasteiger partial charge >= 0.3 is 0 Å². The molecule has 1 aliphatic rings. The number of benzene rings is 1. The molecule has 116 valence electrons. The van der Waals surface area contributed by atoms with Crippen molar-refractivity contribution in [2.45, 2.75) is 32.1 Å². The van der Waals surface area contributed by atoms with Crippen molar-refractivity contribution in [1.29, 1.82) is 0 Å². The molecule has 0 spiro atoms. The van der Waals surface area contributed by atoms with Gasteiger partial charge in [-0.1, -0.05) is 44.0 Å². The van der Waals surface area contributed by atoms with E-state index >= 15 is 0 Å². The van der Waals surface area contributed by atoms with E-state index in [0.717, 1.165) is 6.42 Å². The summed E-state index contributed by atoms with van der Waals surface area (Å²) in [5.74, 6) is 0. The number of nitrogens with two attached hydrogens (primary N) is 1. The minimum absolute atomic E-state index is 0.0743. The van der Waals surface area contributed by atoms with Crippen molar-refractivity contribution in [1.82, 2.24) is 4.31 Å². The second-order valence-corrected chi connectivity index (χ2v) is 8.62. The monoisotopic (exact) mass is 328 g/mol. The van der Waals surface area contributed by atoms with Crippen molar-refractivity contribution in [3.63, 3.8) is 0 Å². The highest BCUT2D eigenvalue weighted by Gasteiger charge is 2.30. The number of hydrogen-bond donors (Lipinski definition) is 1. The lowest BCUT2D eigenvalue weighted by atomic mass is 9.83. The maximum absolute atomic E-state index is 12.7. The first kappa shape index (κ1) is 16.3. The zero-order chi connectivity index (χ0) is 15.8. The van der Waals surface area contributed by atoms with Crippen LogP contribution in [-0.4, -0.2) is 25.8 Å². The molecule has 0 aliphatic carbocycles. The number of nitrogens with zero attached hydrogens (tertiary/aromatic N) is 1. The fourth-order valence-electron chi connectivity index (χ4n) is 2.42. The van der Waals surface area contributed by atoms with E-state index < -0.39 is 10.0 Å². The van der Waals surface area contributed by atoms with Crippen LogP contribution in [0.3, 0.4) is 0 Å². The summed E-state index contributed by atoms with van der Waals surface area (Å²) >= 11 is 5.89. The van der Waals surface area contributed by atoms with Crippen LogP contribution in [0.5, 0.6) is 0 Å². The van der Waals surface area contributed by atoms with Crippen LogP contribution < -0.4 is 5.73 Å². The molecule has 0 amide bonds. The molecule has 6 heteroatoms. The average Bonchev–Trinajstić information content (AvgIpc) is 2.40. The van der Waals surface area contributed by atoms with Gasteiger partial charge in [0.2, 0.25) is 10.0 Å². The van der Waals surface area contributed by atoms with E-state index in [1.54, 1.807) is 6.07 Å². The van der Waals surface area contributed by atoms with Gasteiger partial charge in [0.05, 0.1) is 5.69 Å². The van der Waals surface area contributed by atoms with E-state index in [-0.39, 0.29) is 16.0 Å². The zero-order valence-electron chi connectivity index (χ0n) is 12.6. The Bertz CT molecular complexity index is 675. The summed E-state index contributed by atoms with van der Waals surface area (Å²) in [5.41, 5.74) is 7.39. The molecule has 2 rings (SSSR count). The lowest BCUT2D eigenvalue weighted by Crippen LogP contribution is -2.36. The second kappa shape index (κ2) is 5.63. The largest absolute Gasteiger partial charge is 0.398 e. The van der Waals surface area contributed by atoms with E-state index in [2.05, 4.69) is 20.8 Å². The third-order valence-corrected chi connectivity index (χ3v) is 5.88. The maximum atomic E-state index is 12.7. The number of hydrogen-bond acceptors (Lipinski definition) is 3. The van der Waals surface area contributed by atoms with Crippen molar-refractivity contribution >= 4 is 27.3 Å². The minimum atomic E-state index is -3.60. The van der Waals surface area contributed by atoms with Gasteiger partial charge in [0.25, 0.3) is 0 Å². The normalized spacial score (nSPS) is 17.6. The van der Waals surface area contributed by atoms with Gasteiger partial charge in [0.1, 0.15) is 4.90 Å². The summed E-state index contributed by atoms with van der Waals surface area (Å²) in [5, 5.41) is 0.366. The smallest absolute Gasteiger partial charge is 0.245 e. The first-order valence-corrected chi connectivity index (χ1v) is 8.69. The highest BCUT2D eigenvalue weighted by molar-refractivity contribution is 7.89. The predicted molar refractivity (Wildman–Crippen MR) is 86.8 cm³/mol. The number of sulfonamides is 1. The molecule has 0 unspecified atom stereocenters. The minimum Gasteiger partial charge on any atom is -0.398 e. The third kappa shape index (κ3) is 3.42. The number of halogens is 1. The molecule has 0 saturated carbocycles. The SMILES string of the molecule is CC(C)(C)C1=CCN(S(=O)(=O)c2cc(Cl)ccc2N)CC1. The molecule has 0 bridgehead atoms. The predicted octanol–water partition coefficient (Wildman–Crippen LogP) is 3.29. The van der Waals surface area contributed by atoms with Gasteiger partial charge in [0.15, 0.2) is 0 Å². The Balaban J connectivity index is 2.31. The molecular weight excluding hydrogens is 308 g/mol. The van der Waals surface area contributed by atoms with Crippen LogP contribution in [0.1, 0.15) is 27.2 Å². The first-order chi connectivity index (χ1) is 9.62. The van der Waals surface area contributed by atoms with Crippen LogP contribution >= 0.6 is 11.6 Å². The molecule has 0 fully saturated rings. The number of nitrogen functional groups attached to an aromatic ring is 1. The Morgan fingerprint density at radius 3 is 2.48 bits per heavy atom. The molecule has 0 radical (unpaired) electrons. The molecule has 1 aliphatic heterocycles. The molecule has 2 N–H and O–H groups in total. The standard InChI is InChI=1S/C15H21ClN2O2S/c1-15(2,3)11-6-8-18(9-7-11)21(19,20)14-10-12(16)4-5-13(14)17/h4-6,10H,7-9,17H2,1-3H3. The summed E-state index contributed by atoms with van der Waals surface area (Å²) in [6, 6.07) is 4.52. The molecule has 21 heavy (non-hydrogen) atoms. The van der Waals surface area contributed by atoms with Gasteiger partial charge in [-0.3, -0.25) is 0 Å². The molecule has 0 saturated heterocycles. The van der Waals surface area contributed by atoms with Gasteiger partial charge < -0.3 is 5.73 Å². The third-order valence-electron chi connectivity index (χ3n) is 3.73. The van der Waals surface area contributed by atoms with E-state index in [1.807, 2.05) is 6.08 Å². The Morgan fingerprint density at radius 2 is 1.95 bits per heavy atom. The molecule has 1 heterocycles. The summed E-state index contributed by atoms with van der Waals surface area (Å²) < 4.78 is 26.8. The zero-order valence-corrected chi connectivity index (χ0v) is 14.1. The van der Waals surface area contributed by atoms with Gasteiger partial charge in [-0.05, 0) is 30.0 Å². The molecule has 0 aromatic heterocycles. The second-order valence-electron chi connectivity index (χ2n) is 6.27. The van der Waals surface area contributed by atoms with Crippen LogP contribution in [0.25, 0.3) is 0 Å². The lowest BCUT2D eigenvalue weighted by molar-refractivity contribution is 0.390. The van der Waals surface area contributed by atoms with Crippen molar-refractivity contribution in [2.75, 3.05) is 18.8 Å².